The Morgan fingerprint density at radius 3 is 2.65 bits per heavy atom. The van der Waals surface area contributed by atoms with Gasteiger partial charge < -0.3 is 5.32 Å². The minimum atomic E-state index is 0.0285. The van der Waals surface area contributed by atoms with Gasteiger partial charge in [-0.05, 0) is 19.4 Å². The van der Waals surface area contributed by atoms with Gasteiger partial charge in [0.2, 0.25) is 0 Å². The van der Waals surface area contributed by atoms with E-state index in [9.17, 15) is 0 Å². The lowest BCUT2D eigenvalue weighted by molar-refractivity contribution is 0.483. The summed E-state index contributed by atoms with van der Waals surface area (Å²) in [5, 5.41) is 8.13. The number of hydrogen-bond acceptors (Lipinski definition) is 3. The van der Waals surface area contributed by atoms with Crippen LogP contribution < -0.4 is 5.32 Å². The van der Waals surface area contributed by atoms with Gasteiger partial charge >= 0.3 is 0 Å². The molecule has 1 saturated heterocycles. The van der Waals surface area contributed by atoms with E-state index in [2.05, 4.69) is 31.2 Å². The average molecular weight is 236 g/mol. The number of hydrogen-bond donors (Lipinski definition) is 1. The highest BCUT2D eigenvalue weighted by molar-refractivity contribution is 5.06. The van der Waals surface area contributed by atoms with Crippen molar-refractivity contribution in [3.63, 3.8) is 0 Å². The summed E-state index contributed by atoms with van der Waals surface area (Å²) < 4.78 is 1.95. The van der Waals surface area contributed by atoms with Gasteiger partial charge in [0.1, 0.15) is 5.82 Å². The first-order valence-electron chi connectivity index (χ1n) is 6.63. The van der Waals surface area contributed by atoms with Crippen LogP contribution in [0.5, 0.6) is 0 Å². The molecule has 4 nitrogen and oxygen atoms in total. The molecule has 1 aromatic rings. The minimum Gasteiger partial charge on any atom is -0.307 e. The van der Waals surface area contributed by atoms with Crippen molar-refractivity contribution >= 4 is 0 Å². The van der Waals surface area contributed by atoms with Crippen LogP contribution in [-0.2, 0) is 12.5 Å². The van der Waals surface area contributed by atoms with Crippen molar-refractivity contribution in [2.45, 2.75) is 57.9 Å². The molecule has 96 valence electrons. The molecule has 1 N–H and O–H groups in total. The van der Waals surface area contributed by atoms with Crippen LogP contribution in [0, 0.1) is 0 Å². The van der Waals surface area contributed by atoms with E-state index >= 15 is 0 Å². The van der Waals surface area contributed by atoms with Crippen LogP contribution in [0.4, 0.5) is 0 Å². The van der Waals surface area contributed by atoms with E-state index in [0.717, 1.165) is 18.2 Å². The zero-order valence-electron chi connectivity index (χ0n) is 11.5. The third-order valence-electron chi connectivity index (χ3n) is 3.34. The monoisotopic (exact) mass is 236 g/mol. The predicted molar refractivity (Wildman–Crippen MR) is 68.9 cm³/mol. The van der Waals surface area contributed by atoms with Crippen LogP contribution in [-0.4, -0.2) is 21.3 Å². The van der Waals surface area contributed by atoms with Crippen molar-refractivity contribution in [1.29, 1.82) is 0 Å². The van der Waals surface area contributed by atoms with Crippen molar-refractivity contribution in [2.24, 2.45) is 7.05 Å². The predicted octanol–water partition coefficient (Wildman–Crippen LogP) is 2.32. The van der Waals surface area contributed by atoms with Crippen molar-refractivity contribution in [3.05, 3.63) is 11.6 Å². The summed E-state index contributed by atoms with van der Waals surface area (Å²) in [5.41, 5.74) is 0.0285. The van der Waals surface area contributed by atoms with Crippen molar-refractivity contribution < 1.29 is 0 Å². The normalized spacial score (nSPS) is 22.5. The topological polar surface area (TPSA) is 42.7 Å². The Morgan fingerprint density at radius 2 is 2.00 bits per heavy atom. The highest BCUT2D eigenvalue weighted by Crippen LogP contribution is 2.24. The second-order valence-corrected chi connectivity index (χ2v) is 6.02. The second kappa shape index (κ2) is 4.77. The van der Waals surface area contributed by atoms with Crippen LogP contribution in [0.2, 0.25) is 0 Å². The minimum absolute atomic E-state index is 0.0285. The van der Waals surface area contributed by atoms with Crippen molar-refractivity contribution in [1.82, 2.24) is 20.1 Å². The maximum Gasteiger partial charge on any atom is 0.156 e. The molecule has 0 aromatic carbocycles. The molecule has 0 spiro atoms. The molecule has 2 rings (SSSR count). The van der Waals surface area contributed by atoms with Crippen LogP contribution in [0.1, 0.15) is 64.1 Å². The molecular weight excluding hydrogens is 212 g/mol. The second-order valence-electron chi connectivity index (χ2n) is 6.02. The number of nitrogens with zero attached hydrogens (tertiary/aromatic N) is 3. The molecule has 1 atom stereocenters. The summed E-state index contributed by atoms with van der Waals surface area (Å²) in [6, 6.07) is 0.381. The van der Waals surface area contributed by atoms with Crippen LogP contribution in [0.25, 0.3) is 0 Å². The highest BCUT2D eigenvalue weighted by atomic mass is 15.3. The fourth-order valence-electron chi connectivity index (χ4n) is 2.27. The van der Waals surface area contributed by atoms with Crippen molar-refractivity contribution in [3.8, 4) is 0 Å². The van der Waals surface area contributed by atoms with Gasteiger partial charge in [-0.1, -0.05) is 33.6 Å². The molecule has 1 aliphatic rings. The molecule has 1 aliphatic heterocycles. The van der Waals surface area contributed by atoms with Crippen molar-refractivity contribution in [2.75, 3.05) is 6.54 Å². The first kappa shape index (κ1) is 12.6. The average Bonchev–Trinajstić information content (AvgIpc) is 2.50. The first-order valence-corrected chi connectivity index (χ1v) is 6.63. The van der Waals surface area contributed by atoms with E-state index in [4.69, 9.17) is 4.98 Å². The summed E-state index contributed by atoms with van der Waals surface area (Å²) >= 11 is 0. The number of aryl methyl sites for hydroxylation is 1. The van der Waals surface area contributed by atoms with Gasteiger partial charge in [-0.2, -0.15) is 5.10 Å². The third-order valence-corrected chi connectivity index (χ3v) is 3.34. The molecule has 2 heterocycles. The lowest BCUT2D eigenvalue weighted by Gasteiger charge is -2.14. The molecule has 0 saturated carbocycles. The Morgan fingerprint density at radius 1 is 1.24 bits per heavy atom. The molecule has 0 amide bonds. The molecular formula is C13H24N4. The number of aromatic nitrogens is 3. The Bertz CT molecular complexity index is 367. The van der Waals surface area contributed by atoms with Gasteiger partial charge in [0, 0.05) is 12.5 Å². The summed E-state index contributed by atoms with van der Waals surface area (Å²) in [5.74, 6) is 2.04. The zero-order valence-corrected chi connectivity index (χ0v) is 11.5. The lowest BCUT2D eigenvalue weighted by atomic mass is 9.96. The molecule has 4 heteroatoms. The van der Waals surface area contributed by atoms with E-state index in [0.29, 0.717) is 6.04 Å². The molecule has 0 aliphatic carbocycles. The zero-order chi connectivity index (χ0) is 12.5. The summed E-state index contributed by atoms with van der Waals surface area (Å²) in [7, 11) is 2.00. The van der Waals surface area contributed by atoms with Crippen LogP contribution in [0.15, 0.2) is 0 Å². The molecule has 1 aromatic heterocycles. The summed E-state index contributed by atoms with van der Waals surface area (Å²) in [6.45, 7) is 7.58. The summed E-state index contributed by atoms with van der Waals surface area (Å²) in [4.78, 5) is 4.74. The fraction of sp³-hybridized carbons (Fsp3) is 0.846. The van der Waals surface area contributed by atoms with Gasteiger partial charge in [0.05, 0.1) is 6.04 Å². The van der Waals surface area contributed by atoms with E-state index < -0.39 is 0 Å². The molecule has 17 heavy (non-hydrogen) atoms. The van der Waals surface area contributed by atoms with Crippen LogP contribution >= 0.6 is 0 Å². The lowest BCUT2D eigenvalue weighted by Crippen LogP contribution is -2.23. The van der Waals surface area contributed by atoms with Gasteiger partial charge in [0.25, 0.3) is 0 Å². The Hall–Kier alpha value is -0.900. The Labute approximate surface area is 104 Å². The quantitative estimate of drug-likeness (QED) is 0.813. The molecule has 0 radical (unpaired) electrons. The van der Waals surface area contributed by atoms with Gasteiger partial charge in [-0.3, -0.25) is 4.68 Å². The number of nitrogens with one attached hydrogen (secondary N) is 1. The third kappa shape index (κ3) is 2.86. The van der Waals surface area contributed by atoms with E-state index in [-0.39, 0.29) is 5.41 Å². The van der Waals surface area contributed by atoms with Gasteiger partial charge in [-0.15, -0.1) is 0 Å². The molecule has 0 bridgehead atoms. The van der Waals surface area contributed by atoms with E-state index in [1.54, 1.807) is 0 Å². The first-order chi connectivity index (χ1) is 7.98. The maximum atomic E-state index is 4.74. The van der Waals surface area contributed by atoms with E-state index in [1.807, 2.05) is 11.7 Å². The Kier molecular flexibility index (Phi) is 3.52. The SMILES string of the molecule is Cn1nc(C(C)(C)C)nc1C1CCCCCN1. The van der Waals surface area contributed by atoms with Gasteiger partial charge in [-0.25, -0.2) is 4.98 Å². The smallest absolute Gasteiger partial charge is 0.156 e. The largest absolute Gasteiger partial charge is 0.307 e. The fourth-order valence-corrected chi connectivity index (χ4v) is 2.27. The van der Waals surface area contributed by atoms with Gasteiger partial charge in [0.15, 0.2) is 5.82 Å². The number of rotatable bonds is 1. The summed E-state index contributed by atoms with van der Waals surface area (Å²) in [6.07, 6.45) is 5.07. The molecule has 1 unspecified atom stereocenters. The molecule has 1 fully saturated rings. The van der Waals surface area contributed by atoms with Crippen LogP contribution in [0.3, 0.4) is 0 Å². The van der Waals surface area contributed by atoms with E-state index in [1.165, 1.54) is 25.7 Å². The standard InChI is InChI=1S/C13H24N4/c1-13(2,3)12-15-11(17(4)16-12)10-8-6-5-7-9-14-10/h10,14H,5-9H2,1-4H3. The maximum absolute atomic E-state index is 4.74. The highest BCUT2D eigenvalue weighted by Gasteiger charge is 2.24. The Balaban J connectivity index is 2.22.